The summed E-state index contributed by atoms with van der Waals surface area (Å²) in [4.78, 5) is 4.33. The molecule has 112 valence electrons. The van der Waals surface area contributed by atoms with Crippen LogP contribution in [0.5, 0.6) is 11.5 Å². The Hall–Kier alpha value is -2.34. The zero-order valence-electron chi connectivity index (χ0n) is 11.8. The fraction of sp³-hybridized carbons (Fsp3) is 0.125. The zero-order chi connectivity index (χ0) is 15.4. The summed E-state index contributed by atoms with van der Waals surface area (Å²) < 4.78 is 16.9. The van der Waals surface area contributed by atoms with Gasteiger partial charge in [-0.2, -0.15) is 4.98 Å². The van der Waals surface area contributed by atoms with Gasteiger partial charge >= 0.3 is 0 Å². The van der Waals surface area contributed by atoms with Crippen LogP contribution in [0.1, 0.15) is 5.89 Å². The van der Waals surface area contributed by atoms with Crippen molar-refractivity contribution in [1.82, 2.24) is 10.1 Å². The minimum absolute atomic E-state index is 0.208. The topological polar surface area (TPSA) is 57.4 Å². The molecular weight excluding hydrogens is 348 g/mol. The van der Waals surface area contributed by atoms with Crippen LogP contribution in [0.3, 0.4) is 0 Å². The minimum atomic E-state index is 0.208. The predicted octanol–water partition coefficient (Wildman–Crippen LogP) is 4.09. The van der Waals surface area contributed by atoms with Crippen LogP contribution in [0.2, 0.25) is 0 Å². The molecule has 0 unspecified atom stereocenters. The number of nitrogens with zero attached hydrogens (tertiary/aromatic N) is 2. The van der Waals surface area contributed by atoms with Crippen LogP contribution in [0, 0.1) is 0 Å². The Bertz CT molecular complexity index is 773. The maximum absolute atomic E-state index is 5.65. The third kappa shape index (κ3) is 3.28. The van der Waals surface area contributed by atoms with Gasteiger partial charge in [0.15, 0.2) is 6.61 Å². The van der Waals surface area contributed by atoms with E-state index in [0.29, 0.717) is 11.7 Å². The monoisotopic (exact) mass is 360 g/mol. The Balaban J connectivity index is 1.72. The van der Waals surface area contributed by atoms with Crippen molar-refractivity contribution in [3.8, 4) is 22.9 Å². The second kappa shape index (κ2) is 6.62. The first-order valence-electron chi connectivity index (χ1n) is 6.60. The lowest BCUT2D eigenvalue weighted by atomic mass is 10.2. The van der Waals surface area contributed by atoms with Crippen LogP contribution in [-0.2, 0) is 6.61 Å². The van der Waals surface area contributed by atoms with E-state index in [1.165, 1.54) is 0 Å². The van der Waals surface area contributed by atoms with Gasteiger partial charge in [0.1, 0.15) is 11.5 Å². The predicted molar refractivity (Wildman–Crippen MR) is 84.8 cm³/mol. The SMILES string of the molecule is COc1cccc(-c2noc(COc3ccccc3Br)n2)c1. The third-order valence-corrected chi connectivity index (χ3v) is 3.64. The molecule has 1 aromatic heterocycles. The molecule has 3 rings (SSSR count). The zero-order valence-corrected chi connectivity index (χ0v) is 13.4. The Morgan fingerprint density at radius 2 is 2.00 bits per heavy atom. The molecule has 0 radical (unpaired) electrons. The van der Waals surface area contributed by atoms with E-state index in [2.05, 4.69) is 26.1 Å². The molecule has 0 fully saturated rings. The summed E-state index contributed by atoms with van der Waals surface area (Å²) in [6.45, 7) is 0.208. The van der Waals surface area contributed by atoms with Crippen molar-refractivity contribution in [2.45, 2.75) is 6.61 Å². The number of ether oxygens (including phenoxy) is 2. The molecule has 5 nitrogen and oxygen atoms in total. The Morgan fingerprint density at radius 3 is 2.82 bits per heavy atom. The molecule has 0 amide bonds. The summed E-state index contributed by atoms with van der Waals surface area (Å²) in [6.07, 6.45) is 0. The molecule has 0 bridgehead atoms. The van der Waals surface area contributed by atoms with Crippen molar-refractivity contribution in [3.05, 3.63) is 58.9 Å². The van der Waals surface area contributed by atoms with Gasteiger partial charge < -0.3 is 14.0 Å². The van der Waals surface area contributed by atoms with Gasteiger partial charge in [0, 0.05) is 5.56 Å². The first kappa shape index (κ1) is 14.6. The molecule has 0 aliphatic heterocycles. The molecular formula is C16H13BrN2O3. The standard InChI is InChI=1S/C16H13BrN2O3/c1-20-12-6-4-5-11(9-12)16-18-15(22-19-16)10-21-14-8-3-2-7-13(14)17/h2-9H,10H2,1H3. The molecule has 0 atom stereocenters. The largest absolute Gasteiger partial charge is 0.497 e. The fourth-order valence-electron chi connectivity index (χ4n) is 1.89. The summed E-state index contributed by atoms with van der Waals surface area (Å²) in [6, 6.07) is 15.1. The summed E-state index contributed by atoms with van der Waals surface area (Å²) >= 11 is 3.42. The summed E-state index contributed by atoms with van der Waals surface area (Å²) in [5, 5.41) is 3.96. The molecule has 0 saturated carbocycles. The second-order valence-electron chi connectivity index (χ2n) is 4.46. The Kier molecular flexibility index (Phi) is 4.39. The van der Waals surface area contributed by atoms with Crippen molar-refractivity contribution >= 4 is 15.9 Å². The van der Waals surface area contributed by atoms with E-state index in [4.69, 9.17) is 14.0 Å². The molecule has 0 aliphatic rings. The van der Waals surface area contributed by atoms with E-state index in [1.807, 2.05) is 48.5 Å². The Morgan fingerprint density at radius 1 is 1.14 bits per heavy atom. The highest BCUT2D eigenvalue weighted by Crippen LogP contribution is 2.25. The molecule has 0 aliphatic carbocycles. The van der Waals surface area contributed by atoms with Crippen LogP contribution in [-0.4, -0.2) is 17.3 Å². The first-order valence-corrected chi connectivity index (χ1v) is 7.40. The van der Waals surface area contributed by atoms with E-state index >= 15 is 0 Å². The van der Waals surface area contributed by atoms with Crippen molar-refractivity contribution in [1.29, 1.82) is 0 Å². The summed E-state index contributed by atoms with van der Waals surface area (Å²) in [5.74, 6) is 2.38. The van der Waals surface area contributed by atoms with E-state index in [0.717, 1.165) is 21.5 Å². The number of halogens is 1. The van der Waals surface area contributed by atoms with Crippen molar-refractivity contribution in [3.63, 3.8) is 0 Å². The molecule has 3 aromatic rings. The summed E-state index contributed by atoms with van der Waals surface area (Å²) in [7, 11) is 1.62. The van der Waals surface area contributed by atoms with E-state index in [9.17, 15) is 0 Å². The first-order chi connectivity index (χ1) is 10.8. The van der Waals surface area contributed by atoms with Crippen molar-refractivity contribution < 1.29 is 14.0 Å². The van der Waals surface area contributed by atoms with Gasteiger partial charge in [0.25, 0.3) is 5.89 Å². The number of rotatable bonds is 5. The normalized spacial score (nSPS) is 10.5. The van der Waals surface area contributed by atoms with Crippen LogP contribution >= 0.6 is 15.9 Å². The van der Waals surface area contributed by atoms with Gasteiger partial charge in [0.05, 0.1) is 11.6 Å². The average molecular weight is 361 g/mol. The maximum atomic E-state index is 5.65. The van der Waals surface area contributed by atoms with Crippen molar-refractivity contribution in [2.24, 2.45) is 0 Å². The maximum Gasteiger partial charge on any atom is 0.264 e. The highest BCUT2D eigenvalue weighted by Gasteiger charge is 2.10. The molecule has 0 N–H and O–H groups in total. The smallest absolute Gasteiger partial charge is 0.264 e. The van der Waals surface area contributed by atoms with Crippen LogP contribution < -0.4 is 9.47 Å². The van der Waals surface area contributed by atoms with Crippen LogP contribution in [0.15, 0.2) is 57.5 Å². The van der Waals surface area contributed by atoms with Gasteiger partial charge in [-0.1, -0.05) is 29.4 Å². The molecule has 0 spiro atoms. The number of para-hydroxylation sites is 1. The van der Waals surface area contributed by atoms with Gasteiger partial charge in [-0.15, -0.1) is 0 Å². The molecule has 22 heavy (non-hydrogen) atoms. The average Bonchev–Trinajstić information content (AvgIpc) is 3.03. The number of aromatic nitrogens is 2. The van der Waals surface area contributed by atoms with Crippen LogP contribution in [0.4, 0.5) is 0 Å². The van der Waals surface area contributed by atoms with E-state index < -0.39 is 0 Å². The molecule has 1 heterocycles. The fourth-order valence-corrected chi connectivity index (χ4v) is 2.29. The Labute approximate surface area is 136 Å². The van der Waals surface area contributed by atoms with E-state index in [1.54, 1.807) is 7.11 Å². The summed E-state index contributed by atoms with van der Waals surface area (Å²) in [5.41, 5.74) is 0.829. The lowest BCUT2D eigenvalue weighted by Crippen LogP contribution is -1.96. The second-order valence-corrected chi connectivity index (χ2v) is 5.32. The highest BCUT2D eigenvalue weighted by molar-refractivity contribution is 9.10. The van der Waals surface area contributed by atoms with Crippen LogP contribution in [0.25, 0.3) is 11.4 Å². The molecule has 6 heteroatoms. The molecule has 0 saturated heterocycles. The van der Waals surface area contributed by atoms with Gasteiger partial charge in [-0.3, -0.25) is 0 Å². The number of benzene rings is 2. The van der Waals surface area contributed by atoms with Gasteiger partial charge in [-0.25, -0.2) is 0 Å². The lowest BCUT2D eigenvalue weighted by Gasteiger charge is -2.04. The molecule has 2 aromatic carbocycles. The highest BCUT2D eigenvalue weighted by atomic mass is 79.9. The minimum Gasteiger partial charge on any atom is -0.497 e. The number of methoxy groups -OCH3 is 1. The quantitative estimate of drug-likeness (QED) is 0.685. The van der Waals surface area contributed by atoms with Crippen molar-refractivity contribution in [2.75, 3.05) is 7.11 Å². The van der Waals surface area contributed by atoms with E-state index in [-0.39, 0.29) is 6.61 Å². The third-order valence-electron chi connectivity index (χ3n) is 2.98. The van der Waals surface area contributed by atoms with Gasteiger partial charge in [0.2, 0.25) is 5.82 Å². The number of hydrogen-bond donors (Lipinski definition) is 0. The van der Waals surface area contributed by atoms with Gasteiger partial charge in [-0.05, 0) is 40.2 Å². The number of hydrogen-bond acceptors (Lipinski definition) is 5. The lowest BCUT2D eigenvalue weighted by molar-refractivity contribution is 0.242.